The Bertz CT molecular complexity index is 697. The summed E-state index contributed by atoms with van der Waals surface area (Å²) in [5.41, 5.74) is 0.802. The molecule has 1 amide bonds. The molecule has 0 aliphatic carbocycles. The van der Waals surface area contributed by atoms with Crippen molar-refractivity contribution in [1.82, 2.24) is 5.32 Å². The summed E-state index contributed by atoms with van der Waals surface area (Å²) in [5, 5.41) is 5.49. The van der Waals surface area contributed by atoms with Crippen LogP contribution in [0.4, 0.5) is 10.1 Å². The zero-order valence-corrected chi connectivity index (χ0v) is 13.7. The molecule has 0 saturated carbocycles. The molecule has 0 radical (unpaired) electrons. The van der Waals surface area contributed by atoms with Gasteiger partial charge in [-0.2, -0.15) is 0 Å². The van der Waals surface area contributed by atoms with Crippen molar-refractivity contribution >= 4 is 56.5 Å². The second-order valence-electron chi connectivity index (χ2n) is 4.02. The zero-order valence-electron chi connectivity index (χ0n) is 10.5. The lowest BCUT2D eigenvalue weighted by atomic mass is 10.2. The lowest BCUT2D eigenvalue weighted by Crippen LogP contribution is -2.34. The number of amides is 1. The van der Waals surface area contributed by atoms with Gasteiger partial charge >= 0.3 is 0 Å². The summed E-state index contributed by atoms with van der Waals surface area (Å²) in [7, 11) is 0. The summed E-state index contributed by atoms with van der Waals surface area (Å²) in [6, 6.07) is 11.3. The average molecular weight is 388 g/mol. The molecule has 21 heavy (non-hydrogen) atoms. The highest BCUT2D eigenvalue weighted by Crippen LogP contribution is 2.29. The Morgan fingerprint density at radius 2 is 1.90 bits per heavy atom. The van der Waals surface area contributed by atoms with Crippen molar-refractivity contribution in [2.45, 2.75) is 0 Å². The van der Waals surface area contributed by atoms with Gasteiger partial charge in [0.1, 0.15) is 5.82 Å². The van der Waals surface area contributed by atoms with Crippen LogP contribution in [0.5, 0.6) is 0 Å². The van der Waals surface area contributed by atoms with Gasteiger partial charge in [0.2, 0.25) is 0 Å². The Morgan fingerprint density at radius 3 is 2.57 bits per heavy atom. The maximum atomic E-state index is 13.5. The van der Waals surface area contributed by atoms with E-state index < -0.39 is 5.82 Å². The summed E-state index contributed by atoms with van der Waals surface area (Å²) >= 11 is 13.9. The largest absolute Gasteiger partial charge is 0.331 e. The third kappa shape index (κ3) is 4.23. The maximum Gasteiger partial charge on any atom is 0.257 e. The molecule has 3 nitrogen and oxygen atoms in total. The van der Waals surface area contributed by atoms with Crippen molar-refractivity contribution in [3.05, 3.63) is 63.3 Å². The fourth-order valence-corrected chi connectivity index (χ4v) is 2.30. The molecule has 2 aromatic carbocycles. The second kappa shape index (κ2) is 6.98. The molecule has 0 aromatic heterocycles. The molecule has 0 aliphatic rings. The second-order valence-corrected chi connectivity index (χ2v) is 5.66. The minimum atomic E-state index is -0.526. The zero-order chi connectivity index (χ0) is 15.4. The molecule has 0 atom stereocenters. The quantitative estimate of drug-likeness (QED) is 0.594. The van der Waals surface area contributed by atoms with Crippen LogP contribution in [0.3, 0.4) is 0 Å². The van der Waals surface area contributed by atoms with Crippen molar-refractivity contribution in [2.75, 3.05) is 5.32 Å². The molecule has 0 unspecified atom stereocenters. The van der Waals surface area contributed by atoms with E-state index in [1.54, 1.807) is 30.3 Å². The van der Waals surface area contributed by atoms with Crippen LogP contribution in [-0.4, -0.2) is 11.0 Å². The Labute approximate surface area is 139 Å². The summed E-state index contributed by atoms with van der Waals surface area (Å²) in [6.07, 6.45) is 0. The van der Waals surface area contributed by atoms with E-state index in [0.717, 1.165) is 0 Å². The van der Waals surface area contributed by atoms with Gasteiger partial charge in [-0.05, 0) is 52.4 Å². The molecule has 2 aromatic rings. The van der Waals surface area contributed by atoms with Gasteiger partial charge in [0.25, 0.3) is 5.91 Å². The van der Waals surface area contributed by atoms with Gasteiger partial charge < -0.3 is 5.32 Å². The van der Waals surface area contributed by atoms with Crippen molar-refractivity contribution in [3.63, 3.8) is 0 Å². The first-order valence-electron chi connectivity index (χ1n) is 5.79. The maximum absolute atomic E-state index is 13.5. The highest BCUT2D eigenvalue weighted by Gasteiger charge is 2.11. The standard InChI is InChI=1S/C14H9BrClFN2OS/c15-12-10(17)6-9(16)7-11(12)18-14(21)19-13(20)8-4-2-1-3-5-8/h1-7H,(H2,18,19,20,21). The van der Waals surface area contributed by atoms with Crippen LogP contribution in [0, 0.1) is 5.82 Å². The van der Waals surface area contributed by atoms with Gasteiger partial charge in [-0.3, -0.25) is 10.1 Å². The Kier molecular flexibility index (Phi) is 5.27. The van der Waals surface area contributed by atoms with Crippen LogP contribution in [0.25, 0.3) is 0 Å². The molecule has 0 bridgehead atoms. The number of benzene rings is 2. The molecule has 0 fully saturated rings. The van der Waals surface area contributed by atoms with Crippen LogP contribution in [0.15, 0.2) is 46.9 Å². The molecule has 0 aliphatic heterocycles. The molecule has 2 rings (SSSR count). The third-order valence-corrected chi connectivity index (χ3v) is 3.73. The molecular weight excluding hydrogens is 379 g/mol. The normalized spacial score (nSPS) is 10.0. The topological polar surface area (TPSA) is 41.1 Å². The lowest BCUT2D eigenvalue weighted by Gasteiger charge is -2.12. The predicted molar refractivity (Wildman–Crippen MR) is 89.2 cm³/mol. The van der Waals surface area contributed by atoms with E-state index in [-0.39, 0.29) is 20.5 Å². The number of hydrogen-bond donors (Lipinski definition) is 2. The first-order valence-corrected chi connectivity index (χ1v) is 7.37. The first-order chi connectivity index (χ1) is 9.97. The molecule has 108 valence electrons. The number of thiocarbonyl (C=S) groups is 1. The molecule has 0 heterocycles. The number of halogens is 3. The highest BCUT2D eigenvalue weighted by molar-refractivity contribution is 9.10. The van der Waals surface area contributed by atoms with Crippen molar-refractivity contribution < 1.29 is 9.18 Å². The molecule has 0 saturated heterocycles. The number of carbonyl (C=O) groups excluding carboxylic acids is 1. The monoisotopic (exact) mass is 386 g/mol. The van der Waals surface area contributed by atoms with Crippen LogP contribution in [0.1, 0.15) is 10.4 Å². The highest BCUT2D eigenvalue weighted by atomic mass is 79.9. The van der Waals surface area contributed by atoms with Crippen molar-refractivity contribution in [2.24, 2.45) is 0 Å². The Morgan fingerprint density at radius 1 is 1.24 bits per heavy atom. The minimum absolute atomic E-state index is 0.0474. The van der Waals surface area contributed by atoms with Crippen LogP contribution in [-0.2, 0) is 0 Å². The number of nitrogens with one attached hydrogen (secondary N) is 2. The fourth-order valence-electron chi connectivity index (χ4n) is 1.57. The van der Waals surface area contributed by atoms with E-state index in [4.69, 9.17) is 23.8 Å². The molecule has 0 spiro atoms. The van der Waals surface area contributed by atoms with Gasteiger partial charge in [-0.25, -0.2) is 4.39 Å². The summed E-state index contributed by atoms with van der Waals surface area (Å²) < 4.78 is 13.7. The van der Waals surface area contributed by atoms with Gasteiger partial charge in [0, 0.05) is 10.6 Å². The minimum Gasteiger partial charge on any atom is -0.331 e. The molecule has 2 N–H and O–H groups in total. The summed E-state index contributed by atoms with van der Waals surface area (Å²) in [4.78, 5) is 11.9. The SMILES string of the molecule is O=C(NC(=S)Nc1cc(Cl)cc(F)c1Br)c1ccccc1. The van der Waals surface area contributed by atoms with Crippen molar-refractivity contribution in [1.29, 1.82) is 0 Å². The van der Waals surface area contributed by atoms with Gasteiger partial charge in [-0.15, -0.1) is 0 Å². The lowest BCUT2D eigenvalue weighted by molar-refractivity contribution is 0.0978. The van der Waals surface area contributed by atoms with Gasteiger partial charge in [-0.1, -0.05) is 29.8 Å². The number of anilines is 1. The smallest absolute Gasteiger partial charge is 0.257 e. The summed E-state index contributed by atoms with van der Waals surface area (Å²) in [6.45, 7) is 0. The van der Waals surface area contributed by atoms with E-state index in [0.29, 0.717) is 11.3 Å². The van der Waals surface area contributed by atoms with Gasteiger partial charge in [0.15, 0.2) is 5.11 Å². The Balaban J connectivity index is 2.08. The van der Waals surface area contributed by atoms with Crippen LogP contribution >= 0.6 is 39.7 Å². The third-order valence-electron chi connectivity index (χ3n) is 2.50. The van der Waals surface area contributed by atoms with Crippen LogP contribution in [0.2, 0.25) is 5.02 Å². The number of hydrogen-bond acceptors (Lipinski definition) is 2. The molecule has 7 heteroatoms. The average Bonchev–Trinajstić information content (AvgIpc) is 2.45. The van der Waals surface area contributed by atoms with E-state index in [2.05, 4.69) is 26.6 Å². The predicted octanol–water partition coefficient (Wildman–Crippen LogP) is 4.37. The fraction of sp³-hybridized carbons (Fsp3) is 0. The van der Waals surface area contributed by atoms with Crippen molar-refractivity contribution in [3.8, 4) is 0 Å². The van der Waals surface area contributed by atoms with E-state index in [1.165, 1.54) is 12.1 Å². The summed E-state index contributed by atoms with van der Waals surface area (Å²) in [5.74, 6) is -0.881. The Hall–Kier alpha value is -1.50. The number of rotatable bonds is 2. The molecular formula is C14H9BrClFN2OS. The van der Waals surface area contributed by atoms with E-state index in [1.807, 2.05) is 0 Å². The van der Waals surface area contributed by atoms with Gasteiger partial charge in [0.05, 0.1) is 10.2 Å². The van der Waals surface area contributed by atoms with Crippen LogP contribution < -0.4 is 10.6 Å². The van der Waals surface area contributed by atoms with E-state index >= 15 is 0 Å². The van der Waals surface area contributed by atoms with E-state index in [9.17, 15) is 9.18 Å². The first kappa shape index (κ1) is 15.9. The number of carbonyl (C=O) groups is 1.